The second kappa shape index (κ2) is 7.14. The lowest BCUT2D eigenvalue weighted by molar-refractivity contribution is -0.137. The summed E-state index contributed by atoms with van der Waals surface area (Å²) in [5, 5.41) is 6.69. The van der Waals surface area contributed by atoms with Crippen LogP contribution in [0.1, 0.15) is 33.8 Å². The highest BCUT2D eigenvalue weighted by Crippen LogP contribution is 2.32. The summed E-state index contributed by atoms with van der Waals surface area (Å²) in [7, 11) is 0. The van der Waals surface area contributed by atoms with Gasteiger partial charge in [0.15, 0.2) is 0 Å². The van der Waals surface area contributed by atoms with E-state index in [1.807, 2.05) is 18.2 Å². The number of aromatic nitrogens is 2. The SMILES string of the molecule is O=C(c1cn[nH]c1-c1ccc(C(F)(F)F)cc1)N1CCC(c2ccccc2)C1. The molecule has 4 rings (SSSR count). The Hall–Kier alpha value is -3.09. The van der Waals surface area contributed by atoms with Gasteiger partial charge in [-0.2, -0.15) is 18.3 Å². The van der Waals surface area contributed by atoms with E-state index in [2.05, 4.69) is 22.3 Å². The molecule has 144 valence electrons. The van der Waals surface area contributed by atoms with E-state index in [0.29, 0.717) is 29.9 Å². The molecule has 1 atom stereocenters. The van der Waals surface area contributed by atoms with Crippen molar-refractivity contribution in [3.63, 3.8) is 0 Å². The first-order valence-electron chi connectivity index (χ1n) is 8.98. The number of halogens is 3. The zero-order valence-electron chi connectivity index (χ0n) is 14.9. The van der Waals surface area contributed by atoms with Gasteiger partial charge in [0.2, 0.25) is 0 Å². The number of hydrogen-bond acceptors (Lipinski definition) is 2. The fourth-order valence-corrected chi connectivity index (χ4v) is 3.61. The van der Waals surface area contributed by atoms with Crippen molar-refractivity contribution in [2.45, 2.75) is 18.5 Å². The average Bonchev–Trinajstić information content (AvgIpc) is 3.37. The first-order valence-corrected chi connectivity index (χ1v) is 8.98. The first-order chi connectivity index (χ1) is 13.4. The Labute approximate surface area is 160 Å². The zero-order chi connectivity index (χ0) is 19.7. The van der Waals surface area contributed by atoms with Crippen LogP contribution in [0.5, 0.6) is 0 Å². The van der Waals surface area contributed by atoms with Crippen LogP contribution >= 0.6 is 0 Å². The topological polar surface area (TPSA) is 49.0 Å². The third-order valence-corrected chi connectivity index (χ3v) is 5.12. The summed E-state index contributed by atoms with van der Waals surface area (Å²) in [6, 6.07) is 14.8. The van der Waals surface area contributed by atoms with Gasteiger partial charge < -0.3 is 4.90 Å². The average molecular weight is 385 g/mol. The van der Waals surface area contributed by atoms with Gasteiger partial charge in [0.25, 0.3) is 5.91 Å². The summed E-state index contributed by atoms with van der Waals surface area (Å²) in [5.74, 6) is 0.119. The van der Waals surface area contributed by atoms with E-state index < -0.39 is 11.7 Å². The van der Waals surface area contributed by atoms with Gasteiger partial charge in [0, 0.05) is 24.6 Å². The van der Waals surface area contributed by atoms with E-state index in [-0.39, 0.29) is 11.8 Å². The van der Waals surface area contributed by atoms with Gasteiger partial charge in [0.05, 0.1) is 23.0 Å². The van der Waals surface area contributed by atoms with Gasteiger partial charge in [-0.1, -0.05) is 42.5 Å². The Morgan fingerprint density at radius 1 is 1.07 bits per heavy atom. The number of nitrogens with one attached hydrogen (secondary N) is 1. The maximum Gasteiger partial charge on any atom is 0.416 e. The quantitative estimate of drug-likeness (QED) is 0.709. The number of likely N-dealkylation sites (tertiary alicyclic amines) is 1. The minimum atomic E-state index is -4.40. The molecule has 2 aromatic carbocycles. The van der Waals surface area contributed by atoms with Crippen molar-refractivity contribution in [3.05, 3.63) is 77.5 Å². The van der Waals surface area contributed by atoms with Gasteiger partial charge in [-0.15, -0.1) is 0 Å². The van der Waals surface area contributed by atoms with Crippen molar-refractivity contribution in [2.24, 2.45) is 0 Å². The number of benzene rings is 2. The number of aromatic amines is 1. The van der Waals surface area contributed by atoms with Gasteiger partial charge in [-0.25, -0.2) is 0 Å². The summed E-state index contributed by atoms with van der Waals surface area (Å²) in [6.07, 6.45) is -2.08. The van der Waals surface area contributed by atoms with Crippen molar-refractivity contribution < 1.29 is 18.0 Å². The van der Waals surface area contributed by atoms with Crippen LogP contribution < -0.4 is 0 Å². The van der Waals surface area contributed by atoms with E-state index in [1.54, 1.807) is 4.90 Å². The van der Waals surface area contributed by atoms with Gasteiger partial charge >= 0.3 is 6.18 Å². The third-order valence-electron chi connectivity index (χ3n) is 5.12. The Bertz CT molecular complexity index is 965. The Kier molecular flexibility index (Phi) is 4.66. The molecule has 1 amide bonds. The highest BCUT2D eigenvalue weighted by atomic mass is 19.4. The summed E-state index contributed by atoms with van der Waals surface area (Å²) < 4.78 is 38.3. The molecule has 1 aliphatic rings. The fourth-order valence-electron chi connectivity index (χ4n) is 3.61. The predicted molar refractivity (Wildman–Crippen MR) is 98.7 cm³/mol. The predicted octanol–water partition coefficient (Wildman–Crippen LogP) is 4.73. The molecule has 4 nitrogen and oxygen atoms in total. The maximum atomic E-state index is 13.0. The third kappa shape index (κ3) is 3.52. The lowest BCUT2D eigenvalue weighted by atomic mass is 9.99. The van der Waals surface area contributed by atoms with Gasteiger partial charge in [0.1, 0.15) is 0 Å². The van der Waals surface area contributed by atoms with Crippen LogP contribution in [0.2, 0.25) is 0 Å². The van der Waals surface area contributed by atoms with Crippen LogP contribution in [-0.4, -0.2) is 34.1 Å². The van der Waals surface area contributed by atoms with Crippen LogP contribution in [0.4, 0.5) is 13.2 Å². The van der Waals surface area contributed by atoms with Crippen LogP contribution in [-0.2, 0) is 6.18 Å². The first kappa shape index (κ1) is 18.3. The molecule has 0 radical (unpaired) electrons. The lowest BCUT2D eigenvalue weighted by Crippen LogP contribution is -2.28. The van der Waals surface area contributed by atoms with E-state index in [9.17, 15) is 18.0 Å². The lowest BCUT2D eigenvalue weighted by Gasteiger charge is -2.17. The molecule has 0 bridgehead atoms. The Balaban J connectivity index is 1.53. The maximum absolute atomic E-state index is 13.0. The zero-order valence-corrected chi connectivity index (χ0v) is 14.9. The molecule has 1 saturated heterocycles. The van der Waals surface area contributed by atoms with E-state index in [1.165, 1.54) is 23.9 Å². The molecular formula is C21H18F3N3O. The van der Waals surface area contributed by atoms with Gasteiger partial charge in [-0.05, 0) is 24.1 Å². The van der Waals surface area contributed by atoms with Crippen molar-refractivity contribution in [1.82, 2.24) is 15.1 Å². The number of hydrogen-bond donors (Lipinski definition) is 1. The summed E-state index contributed by atoms with van der Waals surface area (Å²) in [5.41, 5.74) is 1.77. The molecule has 0 aliphatic carbocycles. The fraction of sp³-hybridized carbons (Fsp3) is 0.238. The minimum Gasteiger partial charge on any atom is -0.338 e. The largest absolute Gasteiger partial charge is 0.416 e. The number of rotatable bonds is 3. The molecule has 28 heavy (non-hydrogen) atoms. The van der Waals surface area contributed by atoms with Crippen LogP contribution in [0.25, 0.3) is 11.3 Å². The number of carbonyl (C=O) groups excluding carboxylic acids is 1. The monoisotopic (exact) mass is 385 g/mol. The van der Waals surface area contributed by atoms with Crippen molar-refractivity contribution in [3.8, 4) is 11.3 Å². The minimum absolute atomic E-state index is 0.165. The smallest absolute Gasteiger partial charge is 0.338 e. The van der Waals surface area contributed by atoms with Gasteiger partial charge in [-0.3, -0.25) is 9.89 Å². The summed E-state index contributed by atoms with van der Waals surface area (Å²) in [6.45, 7) is 1.25. The number of nitrogens with zero attached hydrogens (tertiary/aromatic N) is 2. The second-order valence-electron chi connectivity index (χ2n) is 6.88. The van der Waals surface area contributed by atoms with Crippen LogP contribution in [0.15, 0.2) is 60.8 Å². The molecular weight excluding hydrogens is 367 g/mol. The van der Waals surface area contributed by atoms with E-state index in [0.717, 1.165) is 18.6 Å². The van der Waals surface area contributed by atoms with Crippen LogP contribution in [0.3, 0.4) is 0 Å². The number of alkyl halides is 3. The molecule has 7 heteroatoms. The van der Waals surface area contributed by atoms with E-state index >= 15 is 0 Å². The van der Waals surface area contributed by atoms with Crippen molar-refractivity contribution in [2.75, 3.05) is 13.1 Å². The molecule has 2 heterocycles. The summed E-state index contributed by atoms with van der Waals surface area (Å²) >= 11 is 0. The number of amides is 1. The Morgan fingerprint density at radius 2 is 1.79 bits per heavy atom. The van der Waals surface area contributed by atoms with Crippen molar-refractivity contribution in [1.29, 1.82) is 0 Å². The number of carbonyl (C=O) groups is 1. The molecule has 1 N–H and O–H groups in total. The molecule has 1 fully saturated rings. The van der Waals surface area contributed by atoms with Crippen LogP contribution in [0, 0.1) is 0 Å². The molecule has 1 unspecified atom stereocenters. The molecule has 3 aromatic rings. The Morgan fingerprint density at radius 3 is 2.46 bits per heavy atom. The molecule has 0 saturated carbocycles. The molecule has 0 spiro atoms. The second-order valence-corrected chi connectivity index (χ2v) is 6.88. The number of H-pyrrole nitrogens is 1. The summed E-state index contributed by atoms with van der Waals surface area (Å²) in [4.78, 5) is 14.8. The standard InChI is InChI=1S/C21H18F3N3O/c22-21(23,24)17-8-6-15(7-9-17)19-18(12-25-26-19)20(28)27-11-10-16(13-27)14-4-2-1-3-5-14/h1-9,12,16H,10-11,13H2,(H,25,26). The van der Waals surface area contributed by atoms with E-state index in [4.69, 9.17) is 0 Å². The molecule has 1 aromatic heterocycles. The molecule has 1 aliphatic heterocycles. The van der Waals surface area contributed by atoms with Crippen molar-refractivity contribution >= 4 is 5.91 Å². The highest BCUT2D eigenvalue weighted by molar-refractivity contribution is 6.00. The normalized spacial score (nSPS) is 17.1. The highest BCUT2D eigenvalue weighted by Gasteiger charge is 2.31.